The van der Waals surface area contributed by atoms with Crippen LogP contribution in [0.5, 0.6) is 0 Å². The summed E-state index contributed by atoms with van der Waals surface area (Å²) in [5.74, 6) is 1.50. The van der Waals surface area contributed by atoms with E-state index in [1.165, 1.54) is 37.8 Å². The zero-order valence-electron chi connectivity index (χ0n) is 14.5. The molecule has 0 aromatic carbocycles. The Morgan fingerprint density at radius 2 is 2.16 bits per heavy atom. The van der Waals surface area contributed by atoms with Gasteiger partial charge in [-0.05, 0) is 25.8 Å². The first kappa shape index (κ1) is 15.9. The average Bonchev–Trinajstić information content (AvgIpc) is 3.02. The van der Waals surface area contributed by atoms with Gasteiger partial charge < -0.3 is 5.32 Å². The summed E-state index contributed by atoms with van der Waals surface area (Å²) in [5, 5.41) is 17.5. The van der Waals surface area contributed by atoms with Crippen molar-refractivity contribution in [3.63, 3.8) is 0 Å². The van der Waals surface area contributed by atoms with E-state index in [4.69, 9.17) is 4.98 Å². The summed E-state index contributed by atoms with van der Waals surface area (Å²) in [4.78, 5) is 4.90. The number of pyridine rings is 1. The van der Waals surface area contributed by atoms with Gasteiger partial charge in [-0.1, -0.05) is 19.3 Å². The number of hydrogen-bond donors (Lipinski definition) is 2. The van der Waals surface area contributed by atoms with Gasteiger partial charge in [-0.25, -0.2) is 4.98 Å². The maximum atomic E-state index is 9.56. The van der Waals surface area contributed by atoms with E-state index in [1.807, 2.05) is 22.8 Å². The molecule has 6 heteroatoms. The molecule has 3 aromatic heterocycles. The van der Waals surface area contributed by atoms with Crippen LogP contribution in [-0.4, -0.2) is 19.8 Å². The SMILES string of the molecule is Cc1cnn2c(NCc3ccc[n+](O)c3)cc(C3CCCCC3)nc12. The average molecular weight is 338 g/mol. The van der Waals surface area contributed by atoms with E-state index >= 15 is 0 Å². The van der Waals surface area contributed by atoms with Crippen LogP contribution in [0.2, 0.25) is 0 Å². The van der Waals surface area contributed by atoms with Gasteiger partial charge in [-0.2, -0.15) is 9.61 Å². The minimum atomic E-state index is 0.546. The molecule has 0 aliphatic heterocycles. The molecule has 3 aromatic rings. The topological polar surface area (TPSA) is 66.3 Å². The predicted molar refractivity (Wildman–Crippen MR) is 94.7 cm³/mol. The largest absolute Gasteiger partial charge is 0.366 e. The van der Waals surface area contributed by atoms with E-state index in [1.54, 1.807) is 12.4 Å². The summed E-state index contributed by atoms with van der Waals surface area (Å²) < 4.78 is 2.95. The number of fused-ring (bicyclic) bond motifs is 1. The Labute approximate surface area is 147 Å². The van der Waals surface area contributed by atoms with E-state index < -0.39 is 0 Å². The first-order chi connectivity index (χ1) is 12.2. The fraction of sp³-hybridized carbons (Fsp3) is 0.421. The normalized spacial score (nSPS) is 15.6. The maximum Gasteiger partial charge on any atom is 0.227 e. The third-order valence-corrected chi connectivity index (χ3v) is 5.01. The van der Waals surface area contributed by atoms with E-state index in [-0.39, 0.29) is 0 Å². The van der Waals surface area contributed by atoms with Crippen molar-refractivity contribution in [2.45, 2.75) is 51.5 Å². The Morgan fingerprint density at radius 3 is 2.96 bits per heavy atom. The van der Waals surface area contributed by atoms with Crippen molar-refractivity contribution < 1.29 is 9.94 Å². The van der Waals surface area contributed by atoms with Gasteiger partial charge in [-0.3, -0.25) is 5.21 Å². The lowest BCUT2D eigenvalue weighted by molar-refractivity contribution is -0.905. The second-order valence-electron chi connectivity index (χ2n) is 6.91. The van der Waals surface area contributed by atoms with Crippen LogP contribution in [0.3, 0.4) is 0 Å². The van der Waals surface area contributed by atoms with Crippen LogP contribution in [-0.2, 0) is 6.54 Å². The van der Waals surface area contributed by atoms with E-state index in [0.717, 1.165) is 27.3 Å². The standard InChI is InChI=1S/C19H24N5O/c1-14-11-21-24-18(20-12-15-6-5-9-23(25)13-15)10-17(22-19(14)24)16-7-3-2-4-8-16/h5-6,9-11,13,16,20,25H,2-4,7-8,12H2,1H3/q+1. The van der Waals surface area contributed by atoms with Gasteiger partial charge in [0, 0.05) is 46.1 Å². The minimum absolute atomic E-state index is 0.546. The lowest BCUT2D eigenvalue weighted by Crippen LogP contribution is -2.29. The summed E-state index contributed by atoms with van der Waals surface area (Å²) in [6.07, 6.45) is 11.5. The molecular weight excluding hydrogens is 314 g/mol. The molecule has 1 fully saturated rings. The Balaban J connectivity index is 1.66. The van der Waals surface area contributed by atoms with Crippen molar-refractivity contribution in [1.29, 1.82) is 0 Å². The highest BCUT2D eigenvalue weighted by Crippen LogP contribution is 2.33. The summed E-state index contributed by atoms with van der Waals surface area (Å²) in [6.45, 7) is 2.67. The second kappa shape index (κ2) is 6.70. The highest BCUT2D eigenvalue weighted by Gasteiger charge is 2.19. The minimum Gasteiger partial charge on any atom is -0.366 e. The number of nitrogens with one attached hydrogen (secondary N) is 1. The number of aryl methyl sites for hydroxylation is 1. The van der Waals surface area contributed by atoms with Crippen LogP contribution in [0.15, 0.2) is 36.8 Å². The van der Waals surface area contributed by atoms with Crippen molar-refractivity contribution in [2.24, 2.45) is 0 Å². The zero-order chi connectivity index (χ0) is 17.2. The second-order valence-corrected chi connectivity index (χ2v) is 6.91. The number of rotatable bonds is 4. The Hall–Kier alpha value is -2.63. The van der Waals surface area contributed by atoms with E-state index in [0.29, 0.717) is 12.5 Å². The van der Waals surface area contributed by atoms with E-state index in [2.05, 4.69) is 23.4 Å². The molecule has 1 aliphatic carbocycles. The van der Waals surface area contributed by atoms with Crippen LogP contribution in [0.1, 0.15) is 54.8 Å². The van der Waals surface area contributed by atoms with Crippen molar-refractivity contribution >= 4 is 11.5 Å². The maximum absolute atomic E-state index is 9.56. The fourth-order valence-electron chi connectivity index (χ4n) is 3.63. The Kier molecular flexibility index (Phi) is 4.26. The molecule has 130 valence electrons. The molecule has 0 spiro atoms. The fourth-order valence-corrected chi connectivity index (χ4v) is 3.63. The first-order valence-corrected chi connectivity index (χ1v) is 8.99. The summed E-state index contributed by atoms with van der Waals surface area (Å²) >= 11 is 0. The molecule has 3 heterocycles. The molecule has 0 bridgehead atoms. The molecule has 1 aliphatic rings. The lowest BCUT2D eigenvalue weighted by atomic mass is 9.87. The Morgan fingerprint density at radius 1 is 1.32 bits per heavy atom. The highest BCUT2D eigenvalue weighted by molar-refractivity contribution is 5.54. The summed E-state index contributed by atoms with van der Waals surface area (Å²) in [7, 11) is 0. The van der Waals surface area contributed by atoms with Gasteiger partial charge in [0.15, 0.2) is 5.65 Å². The molecule has 1 saturated carbocycles. The Bertz CT molecular complexity index is 883. The molecule has 0 atom stereocenters. The van der Waals surface area contributed by atoms with Gasteiger partial charge in [0.25, 0.3) is 0 Å². The van der Waals surface area contributed by atoms with Crippen molar-refractivity contribution in [2.75, 3.05) is 5.32 Å². The van der Waals surface area contributed by atoms with Crippen molar-refractivity contribution in [3.05, 3.63) is 53.6 Å². The molecule has 6 nitrogen and oxygen atoms in total. The monoisotopic (exact) mass is 338 g/mol. The zero-order valence-corrected chi connectivity index (χ0v) is 14.5. The van der Waals surface area contributed by atoms with Crippen molar-refractivity contribution in [1.82, 2.24) is 14.6 Å². The number of anilines is 1. The molecule has 0 radical (unpaired) electrons. The smallest absolute Gasteiger partial charge is 0.227 e. The van der Waals surface area contributed by atoms with Gasteiger partial charge in [0.2, 0.25) is 12.4 Å². The number of aromatic nitrogens is 4. The number of nitrogens with zero attached hydrogens (tertiary/aromatic N) is 4. The predicted octanol–water partition coefficient (Wildman–Crippen LogP) is 3.22. The number of hydrogen-bond acceptors (Lipinski definition) is 4. The molecule has 0 amide bonds. The summed E-state index contributed by atoms with van der Waals surface area (Å²) in [5.41, 5.74) is 4.19. The molecule has 25 heavy (non-hydrogen) atoms. The lowest BCUT2D eigenvalue weighted by Gasteiger charge is -2.22. The highest BCUT2D eigenvalue weighted by atomic mass is 16.5. The van der Waals surface area contributed by atoms with Crippen molar-refractivity contribution in [3.8, 4) is 0 Å². The first-order valence-electron chi connectivity index (χ1n) is 8.99. The van der Waals surface area contributed by atoms with Crippen LogP contribution < -0.4 is 10.0 Å². The molecular formula is C19H24N5O+. The van der Waals surface area contributed by atoms with Gasteiger partial charge >= 0.3 is 0 Å². The third kappa shape index (κ3) is 3.29. The molecule has 4 rings (SSSR count). The van der Waals surface area contributed by atoms with Gasteiger partial charge in [0.05, 0.1) is 6.20 Å². The van der Waals surface area contributed by atoms with E-state index in [9.17, 15) is 5.21 Å². The van der Waals surface area contributed by atoms with Gasteiger partial charge in [0.1, 0.15) is 5.82 Å². The molecule has 2 N–H and O–H groups in total. The quantitative estimate of drug-likeness (QED) is 0.566. The molecule has 0 saturated heterocycles. The molecule has 0 unspecified atom stereocenters. The van der Waals surface area contributed by atoms with Crippen LogP contribution >= 0.6 is 0 Å². The third-order valence-electron chi connectivity index (χ3n) is 5.01. The van der Waals surface area contributed by atoms with Crippen LogP contribution in [0, 0.1) is 6.92 Å². The van der Waals surface area contributed by atoms with Gasteiger partial charge in [-0.15, -0.1) is 0 Å². The summed E-state index contributed by atoms with van der Waals surface area (Å²) in [6, 6.07) is 5.95. The van der Waals surface area contributed by atoms with Crippen LogP contribution in [0.25, 0.3) is 5.65 Å². The van der Waals surface area contributed by atoms with Crippen LogP contribution in [0.4, 0.5) is 5.82 Å².